The lowest BCUT2D eigenvalue weighted by Gasteiger charge is -2.54. The lowest BCUT2D eigenvalue weighted by atomic mass is 9.54. The monoisotopic (exact) mass is 626 g/mol. The fourth-order valence-corrected chi connectivity index (χ4v) is 7.98. The molecule has 0 spiro atoms. The molecule has 1 aliphatic heterocycles. The number of rotatable bonds is 9. The summed E-state index contributed by atoms with van der Waals surface area (Å²) in [4.78, 5) is 49.4. The van der Waals surface area contributed by atoms with Crippen molar-refractivity contribution in [1.82, 2.24) is 4.90 Å². The fourth-order valence-electron chi connectivity index (χ4n) is 6.72. The van der Waals surface area contributed by atoms with Gasteiger partial charge in [0.1, 0.15) is 16.4 Å². The third-order valence-electron chi connectivity index (χ3n) is 8.57. The van der Waals surface area contributed by atoms with E-state index in [-0.39, 0.29) is 47.7 Å². The van der Waals surface area contributed by atoms with E-state index in [2.05, 4.69) is 0 Å². The van der Waals surface area contributed by atoms with Crippen LogP contribution in [0.5, 0.6) is 0 Å². The molecule has 8 nitrogen and oxygen atoms in total. The van der Waals surface area contributed by atoms with Crippen molar-refractivity contribution in [3.63, 3.8) is 0 Å². The van der Waals surface area contributed by atoms with Gasteiger partial charge >= 0.3 is 5.97 Å². The summed E-state index contributed by atoms with van der Waals surface area (Å²) in [5, 5.41) is 11.4. The average Bonchev–Trinajstić information content (AvgIpc) is 3.25. The minimum Gasteiger partial charge on any atom is -0.461 e. The van der Waals surface area contributed by atoms with E-state index in [1.54, 1.807) is 0 Å². The zero-order valence-electron chi connectivity index (χ0n) is 22.2. The number of carbonyl (C=O) groups is 3. The summed E-state index contributed by atoms with van der Waals surface area (Å²) in [5.41, 5.74) is 3.06. The van der Waals surface area contributed by atoms with Crippen molar-refractivity contribution >= 4 is 58.3 Å². The molecular weight excluding hydrogens is 603 g/mol. The first-order valence-electron chi connectivity index (χ1n) is 13.6. The number of hydrogen-bond donors (Lipinski definition) is 0. The van der Waals surface area contributed by atoms with E-state index in [0.717, 1.165) is 22.3 Å². The molecule has 1 fully saturated rings. The number of nitro groups is 1. The van der Waals surface area contributed by atoms with Crippen LogP contribution in [0, 0.1) is 22.0 Å². The van der Waals surface area contributed by atoms with Gasteiger partial charge in [-0.1, -0.05) is 66.6 Å². The molecular formula is C31H25Cl3N2O6. The normalized spacial score (nSPS) is 25.2. The van der Waals surface area contributed by atoms with E-state index >= 15 is 0 Å². The lowest BCUT2D eigenvalue weighted by Crippen LogP contribution is -2.57. The molecule has 0 radical (unpaired) electrons. The number of carbonyl (C=O) groups excluding carboxylic acids is 3. The fraction of sp³-hybridized carbons (Fsp3) is 0.323. The maximum Gasteiger partial charge on any atom is 0.306 e. The van der Waals surface area contributed by atoms with Crippen molar-refractivity contribution in [2.45, 2.75) is 42.0 Å². The number of benzene rings is 3. The molecule has 0 unspecified atom stereocenters. The van der Waals surface area contributed by atoms with Gasteiger partial charge in [-0.3, -0.25) is 29.4 Å². The number of ether oxygens (including phenoxy) is 1. The molecule has 3 aromatic carbocycles. The van der Waals surface area contributed by atoms with Crippen LogP contribution in [0.2, 0.25) is 5.02 Å². The molecule has 3 aliphatic carbocycles. The van der Waals surface area contributed by atoms with Crippen LogP contribution in [0.15, 0.2) is 66.7 Å². The summed E-state index contributed by atoms with van der Waals surface area (Å²) >= 11 is 20.7. The summed E-state index contributed by atoms with van der Waals surface area (Å²) in [7, 11) is 0. The molecule has 1 saturated heterocycles. The zero-order chi connectivity index (χ0) is 29.8. The summed E-state index contributed by atoms with van der Waals surface area (Å²) < 4.78 is 5.22. The second-order valence-electron chi connectivity index (χ2n) is 10.8. The van der Waals surface area contributed by atoms with E-state index in [9.17, 15) is 24.5 Å². The third-order valence-corrected chi connectivity index (χ3v) is 10.1. The van der Waals surface area contributed by atoms with Crippen LogP contribution in [0.4, 0.5) is 5.69 Å². The van der Waals surface area contributed by atoms with Crippen LogP contribution in [0.1, 0.15) is 53.5 Å². The van der Waals surface area contributed by atoms with Crippen molar-refractivity contribution in [2.75, 3.05) is 6.54 Å². The van der Waals surface area contributed by atoms with Crippen LogP contribution >= 0.6 is 34.8 Å². The standard InChI is InChI=1S/C31H25Cl3N2O6/c32-19-14-13-18(24(16-19)36(40)41)17-42-25(37)12-2-1-7-15-35-28(38)26-27(29(35)39)31(34)21-9-4-3-8-20(21)30(26,33)22-10-5-6-11-23(22)31/h3-6,8-11,13-14,16,26-27H,1-2,7,12,15,17H2/t26-,27+,30?,31?. The molecule has 11 heteroatoms. The predicted molar refractivity (Wildman–Crippen MR) is 156 cm³/mol. The Kier molecular flexibility index (Phi) is 7.28. The number of nitro benzene ring substituents is 1. The zero-order valence-corrected chi connectivity index (χ0v) is 24.5. The van der Waals surface area contributed by atoms with Gasteiger partial charge in [0, 0.05) is 24.1 Å². The summed E-state index contributed by atoms with van der Waals surface area (Å²) in [6.07, 6.45) is 1.59. The van der Waals surface area contributed by atoms with Gasteiger partial charge in [0.05, 0.1) is 22.3 Å². The molecule has 0 aromatic heterocycles. The van der Waals surface area contributed by atoms with E-state index in [4.69, 9.17) is 39.5 Å². The molecule has 216 valence electrons. The second kappa shape index (κ2) is 10.7. The number of alkyl halides is 2. The third kappa shape index (κ3) is 4.22. The Labute approximate surface area is 256 Å². The predicted octanol–water partition coefficient (Wildman–Crippen LogP) is 6.45. The van der Waals surface area contributed by atoms with E-state index in [0.29, 0.717) is 19.3 Å². The van der Waals surface area contributed by atoms with Crippen molar-refractivity contribution in [3.8, 4) is 0 Å². The molecule has 0 N–H and O–H groups in total. The molecule has 3 aromatic rings. The van der Waals surface area contributed by atoms with Gasteiger partial charge in [-0.25, -0.2) is 0 Å². The summed E-state index contributed by atoms with van der Waals surface area (Å²) in [6, 6.07) is 19.2. The number of unbranched alkanes of at least 4 members (excludes halogenated alkanes) is 2. The average molecular weight is 628 g/mol. The molecule has 7 rings (SSSR count). The largest absolute Gasteiger partial charge is 0.461 e. The minimum absolute atomic E-state index is 0.0920. The van der Waals surface area contributed by atoms with Gasteiger partial charge < -0.3 is 4.74 Å². The molecule has 2 amide bonds. The minimum atomic E-state index is -1.21. The molecule has 0 saturated carbocycles. The highest BCUT2D eigenvalue weighted by Gasteiger charge is 2.72. The van der Waals surface area contributed by atoms with Gasteiger partial charge in [-0.05, 0) is 47.2 Å². The smallest absolute Gasteiger partial charge is 0.306 e. The highest BCUT2D eigenvalue weighted by atomic mass is 35.5. The summed E-state index contributed by atoms with van der Waals surface area (Å²) in [5.74, 6) is -2.84. The first kappa shape index (κ1) is 28.6. The Bertz CT molecular complexity index is 1520. The molecule has 4 aliphatic rings. The lowest BCUT2D eigenvalue weighted by molar-refractivity contribution is -0.385. The van der Waals surface area contributed by atoms with Crippen LogP contribution in [-0.2, 0) is 35.5 Å². The highest BCUT2D eigenvalue weighted by molar-refractivity contribution is 6.36. The Morgan fingerprint density at radius 1 is 0.857 bits per heavy atom. The van der Waals surface area contributed by atoms with Gasteiger partial charge in [0.25, 0.3) is 5.69 Å². The van der Waals surface area contributed by atoms with Crippen molar-refractivity contribution in [3.05, 3.63) is 110 Å². The first-order chi connectivity index (χ1) is 20.1. The van der Waals surface area contributed by atoms with E-state index in [1.807, 2.05) is 48.5 Å². The number of imide groups is 1. The maximum atomic E-state index is 13.8. The number of esters is 1. The van der Waals surface area contributed by atoms with Gasteiger partial charge in [-0.2, -0.15) is 0 Å². The second-order valence-corrected chi connectivity index (χ2v) is 12.4. The van der Waals surface area contributed by atoms with Crippen LogP contribution in [0.3, 0.4) is 0 Å². The number of halogens is 3. The summed E-state index contributed by atoms with van der Waals surface area (Å²) in [6.45, 7) is -0.0552. The highest BCUT2D eigenvalue weighted by Crippen LogP contribution is 2.69. The Hall–Kier alpha value is -3.46. The molecule has 2 atom stereocenters. The van der Waals surface area contributed by atoms with Crippen molar-refractivity contribution in [1.29, 1.82) is 0 Å². The van der Waals surface area contributed by atoms with Gasteiger partial charge in [0.15, 0.2) is 0 Å². The van der Waals surface area contributed by atoms with Crippen molar-refractivity contribution < 1.29 is 24.0 Å². The Morgan fingerprint density at radius 3 is 1.88 bits per heavy atom. The van der Waals surface area contributed by atoms with Crippen LogP contribution in [-0.4, -0.2) is 34.2 Å². The molecule has 42 heavy (non-hydrogen) atoms. The molecule has 2 bridgehead atoms. The van der Waals surface area contributed by atoms with Crippen LogP contribution in [0.25, 0.3) is 0 Å². The number of amides is 2. The SMILES string of the molecule is O=C(CCCCCN1C(=O)[C@@H]2[C@H](C1=O)C1(Cl)c3ccccc3C2(Cl)c2ccccc21)OCc1ccc(Cl)cc1[N+](=O)[O-]. The number of hydrogen-bond acceptors (Lipinski definition) is 6. The number of likely N-dealkylation sites (tertiary alicyclic amines) is 1. The number of nitrogens with zero attached hydrogens (tertiary/aromatic N) is 2. The maximum absolute atomic E-state index is 13.8. The van der Waals surface area contributed by atoms with E-state index in [1.165, 1.54) is 23.1 Å². The van der Waals surface area contributed by atoms with Crippen LogP contribution < -0.4 is 0 Å². The van der Waals surface area contributed by atoms with Gasteiger partial charge in [-0.15, -0.1) is 23.2 Å². The first-order valence-corrected chi connectivity index (χ1v) is 14.7. The Balaban J connectivity index is 1.10. The van der Waals surface area contributed by atoms with Gasteiger partial charge in [0.2, 0.25) is 11.8 Å². The molecule has 1 heterocycles. The topological polar surface area (TPSA) is 107 Å². The quantitative estimate of drug-likeness (QED) is 0.0675. The van der Waals surface area contributed by atoms with Crippen molar-refractivity contribution in [2.24, 2.45) is 11.8 Å². The van der Waals surface area contributed by atoms with E-state index < -0.39 is 32.5 Å². The Morgan fingerprint density at radius 2 is 1.38 bits per heavy atom.